The second kappa shape index (κ2) is 11.4. The summed E-state index contributed by atoms with van der Waals surface area (Å²) in [7, 11) is 5.57. The Kier molecular flexibility index (Phi) is 7.97. The van der Waals surface area contributed by atoms with Crippen molar-refractivity contribution < 1.29 is 13.9 Å². The van der Waals surface area contributed by atoms with Gasteiger partial charge in [0.15, 0.2) is 0 Å². The van der Waals surface area contributed by atoms with Crippen LogP contribution in [0.4, 0.5) is 0 Å². The quantitative estimate of drug-likeness (QED) is 0.232. The van der Waals surface area contributed by atoms with Crippen LogP contribution in [0.15, 0.2) is 46.9 Å². The molecule has 0 spiro atoms. The van der Waals surface area contributed by atoms with Crippen LogP contribution in [0.5, 0.6) is 0 Å². The Balaban J connectivity index is 1.20. The summed E-state index contributed by atoms with van der Waals surface area (Å²) in [5, 5.41) is 9.33. The Bertz CT molecular complexity index is 1570. The van der Waals surface area contributed by atoms with E-state index in [4.69, 9.17) is 14.3 Å². The summed E-state index contributed by atoms with van der Waals surface area (Å²) < 4.78 is 11.5. The Labute approximate surface area is 282 Å². The van der Waals surface area contributed by atoms with Gasteiger partial charge in [0.05, 0.1) is 24.6 Å². The van der Waals surface area contributed by atoms with Crippen molar-refractivity contribution in [1.29, 1.82) is 0 Å². The summed E-state index contributed by atoms with van der Waals surface area (Å²) in [5.74, 6) is 5.18. The summed E-state index contributed by atoms with van der Waals surface area (Å²) in [6, 6.07) is 8.10. The van der Waals surface area contributed by atoms with E-state index in [2.05, 4.69) is 83.5 Å². The molecule has 47 heavy (non-hydrogen) atoms. The highest BCUT2D eigenvalue weighted by molar-refractivity contribution is 5.89. The molecule has 7 unspecified atom stereocenters. The minimum absolute atomic E-state index is 0.0134. The molecule has 1 aromatic heterocycles. The van der Waals surface area contributed by atoms with Crippen molar-refractivity contribution in [3.63, 3.8) is 0 Å². The van der Waals surface area contributed by atoms with Gasteiger partial charge in [0.2, 0.25) is 11.8 Å². The van der Waals surface area contributed by atoms with Crippen LogP contribution in [0.25, 0.3) is 5.57 Å². The molecule has 1 aromatic carbocycles. The second-order valence-electron chi connectivity index (χ2n) is 17.6. The summed E-state index contributed by atoms with van der Waals surface area (Å²) in [6.07, 6.45) is 13.6. The molecule has 0 saturated heterocycles. The molecule has 2 aromatic rings. The first-order valence-corrected chi connectivity index (χ1v) is 18.3. The lowest BCUT2D eigenvalue weighted by Crippen LogP contribution is -2.61. The smallest absolute Gasteiger partial charge is 0.337 e. The number of hydrogen-bond acceptors (Lipinski definition) is 6. The molecule has 4 saturated carbocycles. The lowest BCUT2D eigenvalue weighted by molar-refractivity contribution is -0.175. The summed E-state index contributed by atoms with van der Waals surface area (Å²) in [6.45, 7) is 17.9. The number of carbonyl (C=O) groups excluding carboxylic acids is 1. The van der Waals surface area contributed by atoms with Crippen molar-refractivity contribution in [2.75, 3.05) is 21.2 Å². The van der Waals surface area contributed by atoms with Gasteiger partial charge in [0.1, 0.15) is 0 Å². The predicted octanol–water partition coefficient (Wildman–Crippen LogP) is 9.13. The van der Waals surface area contributed by atoms with Gasteiger partial charge in [-0.25, -0.2) is 4.79 Å². The molecule has 0 aliphatic heterocycles. The van der Waals surface area contributed by atoms with Gasteiger partial charge >= 0.3 is 5.97 Å². The molecular formula is C41H57N3O3. The number of ether oxygens (including phenoxy) is 1. The average Bonchev–Trinajstić information content (AvgIpc) is 3.66. The average molecular weight is 640 g/mol. The third kappa shape index (κ3) is 4.85. The second-order valence-corrected chi connectivity index (χ2v) is 17.6. The molecule has 0 amide bonds. The minimum Gasteiger partial charge on any atom is -0.465 e. The molecule has 7 rings (SSSR count). The zero-order valence-corrected chi connectivity index (χ0v) is 30.2. The van der Waals surface area contributed by atoms with E-state index in [1.54, 1.807) is 0 Å². The Morgan fingerprint density at radius 2 is 1.68 bits per heavy atom. The van der Waals surface area contributed by atoms with E-state index in [1.165, 1.54) is 62.3 Å². The van der Waals surface area contributed by atoms with E-state index in [0.29, 0.717) is 47.1 Å². The van der Waals surface area contributed by atoms with E-state index >= 15 is 0 Å². The van der Waals surface area contributed by atoms with Crippen molar-refractivity contribution in [3.05, 3.63) is 65.4 Å². The molecule has 1 heterocycles. The van der Waals surface area contributed by atoms with E-state index in [9.17, 15) is 4.79 Å². The van der Waals surface area contributed by atoms with E-state index in [1.807, 2.05) is 12.1 Å². The lowest BCUT2D eigenvalue weighted by Gasteiger charge is -2.68. The molecule has 0 radical (unpaired) electrons. The van der Waals surface area contributed by atoms with Gasteiger partial charge in [-0.05, 0) is 154 Å². The third-order valence-electron chi connectivity index (χ3n) is 14.8. The highest BCUT2D eigenvalue weighted by Crippen LogP contribution is 2.74. The Hall–Kier alpha value is -2.73. The number of carbonyl (C=O) groups is 1. The highest BCUT2D eigenvalue weighted by atomic mass is 16.5. The van der Waals surface area contributed by atoms with Crippen LogP contribution in [0.2, 0.25) is 0 Å². The first-order chi connectivity index (χ1) is 22.3. The molecule has 254 valence electrons. The molecule has 6 heteroatoms. The monoisotopic (exact) mass is 639 g/mol. The van der Waals surface area contributed by atoms with Gasteiger partial charge in [0.25, 0.3) is 0 Å². The van der Waals surface area contributed by atoms with Gasteiger partial charge in [-0.15, -0.1) is 10.2 Å². The van der Waals surface area contributed by atoms with Gasteiger partial charge in [-0.2, -0.15) is 0 Å². The van der Waals surface area contributed by atoms with Gasteiger partial charge in [-0.3, -0.25) is 0 Å². The maximum absolute atomic E-state index is 12.1. The summed E-state index contributed by atoms with van der Waals surface area (Å²) >= 11 is 0. The molecule has 6 nitrogen and oxygen atoms in total. The molecule has 0 N–H and O–H groups in total. The number of allylic oxidation sites excluding steroid dienone is 3. The third-order valence-corrected chi connectivity index (χ3v) is 14.8. The Morgan fingerprint density at radius 3 is 2.36 bits per heavy atom. The number of nitrogens with zero attached hydrogens (tertiary/aromatic N) is 3. The number of fused-ring (bicyclic) bond motifs is 7. The van der Waals surface area contributed by atoms with Crippen LogP contribution in [0.1, 0.15) is 120 Å². The van der Waals surface area contributed by atoms with Crippen LogP contribution < -0.4 is 0 Å². The first-order valence-electron chi connectivity index (χ1n) is 18.3. The number of esters is 1. The van der Waals surface area contributed by atoms with Gasteiger partial charge < -0.3 is 14.1 Å². The molecule has 4 fully saturated rings. The van der Waals surface area contributed by atoms with Crippen molar-refractivity contribution in [3.8, 4) is 0 Å². The Morgan fingerprint density at radius 1 is 0.957 bits per heavy atom. The largest absolute Gasteiger partial charge is 0.465 e. The van der Waals surface area contributed by atoms with Gasteiger partial charge in [0, 0.05) is 0 Å². The number of rotatable bonds is 6. The topological polar surface area (TPSA) is 68.5 Å². The fraction of sp³-hybridized carbons (Fsp3) is 0.683. The van der Waals surface area contributed by atoms with Gasteiger partial charge in [-0.1, -0.05) is 58.1 Å². The zero-order valence-electron chi connectivity index (χ0n) is 30.2. The SMILES string of the molecule is C=C(C)[C@@H]1CCC2(c3nnc(CN(C)C)o3)CCC3C(CCC4C3(C)CCC3C(C)(C)C(c5ccc(C(=O)OC)cc5)=CCC34C)[C@@H]12. The van der Waals surface area contributed by atoms with E-state index < -0.39 is 0 Å². The van der Waals surface area contributed by atoms with E-state index in [0.717, 1.165) is 37.0 Å². The standard InChI is InChI=1S/C41H57N3O3/c1-25(2)28-16-22-41(37-43-42-34(47-37)24-44(7)8)23-18-31-29(35(28)41)14-15-33-39(31,5)21-19-32-38(3,4)30(17-20-40(32,33)6)26-10-12-27(13-11-26)36(45)46-9/h10-13,17,28-29,31-33,35H,1,14-16,18-24H2,2-9H3/t28-,29?,31?,32?,33?,35+,39?,40?,41?/m0/s1. The van der Waals surface area contributed by atoms with E-state index in [-0.39, 0.29) is 22.2 Å². The van der Waals surface area contributed by atoms with Crippen LogP contribution >= 0.6 is 0 Å². The van der Waals surface area contributed by atoms with Crippen LogP contribution in [-0.2, 0) is 16.7 Å². The van der Waals surface area contributed by atoms with Crippen molar-refractivity contribution in [2.24, 2.45) is 51.8 Å². The maximum atomic E-state index is 12.1. The molecule has 0 bridgehead atoms. The molecule has 5 aliphatic rings. The van der Waals surface area contributed by atoms with Crippen LogP contribution in [0.3, 0.4) is 0 Å². The zero-order chi connectivity index (χ0) is 33.5. The maximum Gasteiger partial charge on any atom is 0.337 e. The lowest BCUT2D eigenvalue weighted by atomic mass is 9.36. The number of hydrogen-bond donors (Lipinski definition) is 0. The van der Waals surface area contributed by atoms with Crippen LogP contribution in [0, 0.1) is 51.8 Å². The van der Waals surface area contributed by atoms with Crippen LogP contribution in [-0.4, -0.2) is 42.3 Å². The highest BCUT2D eigenvalue weighted by Gasteiger charge is 2.67. The van der Waals surface area contributed by atoms with Crippen molar-refractivity contribution >= 4 is 11.5 Å². The minimum atomic E-state index is -0.276. The summed E-state index contributed by atoms with van der Waals surface area (Å²) in [5.41, 5.74) is 5.28. The molecular weight excluding hydrogens is 582 g/mol. The number of methoxy groups -OCH3 is 1. The predicted molar refractivity (Wildman–Crippen MR) is 186 cm³/mol. The van der Waals surface area contributed by atoms with Crippen molar-refractivity contribution in [2.45, 2.75) is 104 Å². The first kappa shape index (κ1) is 32.8. The molecule has 5 aliphatic carbocycles. The fourth-order valence-electron chi connectivity index (χ4n) is 13.0. The number of benzene rings is 1. The fourth-order valence-corrected chi connectivity index (χ4v) is 13.0. The van der Waals surface area contributed by atoms with Crippen molar-refractivity contribution in [1.82, 2.24) is 15.1 Å². The normalized spacial score (nSPS) is 38.9. The summed E-state index contributed by atoms with van der Waals surface area (Å²) in [4.78, 5) is 14.2. The molecule has 9 atom stereocenters. The number of aromatic nitrogens is 2.